The summed E-state index contributed by atoms with van der Waals surface area (Å²) >= 11 is 0. The molecule has 0 saturated heterocycles. The molecule has 10 nitrogen and oxygen atoms in total. The molecule has 3 N–H and O–H groups in total. The lowest BCUT2D eigenvalue weighted by Crippen LogP contribution is -2.25. The Morgan fingerprint density at radius 3 is 2.81 bits per heavy atom. The van der Waals surface area contributed by atoms with Crippen LogP contribution in [0.2, 0.25) is 0 Å². The van der Waals surface area contributed by atoms with E-state index in [0.717, 1.165) is 0 Å². The van der Waals surface area contributed by atoms with E-state index in [1.807, 2.05) is 0 Å². The van der Waals surface area contributed by atoms with E-state index < -0.39 is 36.2 Å². The fraction of sp³-hybridized carbons (Fsp3) is 0.333. The van der Waals surface area contributed by atoms with Gasteiger partial charge in [-0.15, -0.1) is 0 Å². The molecule has 0 radical (unpaired) electrons. The van der Waals surface area contributed by atoms with E-state index in [9.17, 15) is 24.6 Å². The summed E-state index contributed by atoms with van der Waals surface area (Å²) in [5.41, 5.74) is 1.09. The zero-order valence-electron chi connectivity index (χ0n) is 21.0. The molecule has 1 aliphatic rings. The van der Waals surface area contributed by atoms with Crippen LogP contribution in [0, 0.1) is 0 Å². The number of ether oxygens (including phenoxy) is 2. The highest BCUT2D eigenvalue weighted by atomic mass is 16.6. The lowest BCUT2D eigenvalue weighted by Gasteiger charge is -2.18. The molecule has 10 heteroatoms. The average molecular weight is 513 g/mol. The molecule has 1 aliphatic heterocycles. The summed E-state index contributed by atoms with van der Waals surface area (Å²) in [4.78, 5) is 41.9. The highest BCUT2D eigenvalue weighted by Crippen LogP contribution is 2.25. The molecule has 1 aromatic carbocycles. The van der Waals surface area contributed by atoms with E-state index in [2.05, 4.69) is 15.3 Å². The van der Waals surface area contributed by atoms with Crippen LogP contribution in [0.1, 0.15) is 42.6 Å². The van der Waals surface area contributed by atoms with Crippen LogP contribution >= 0.6 is 0 Å². The number of phenolic OH excluding ortho intramolecular Hbond substituents is 1. The van der Waals surface area contributed by atoms with E-state index in [1.165, 1.54) is 49.9 Å². The molecule has 3 unspecified atom stereocenters. The van der Waals surface area contributed by atoms with Gasteiger partial charge in [-0.3, -0.25) is 9.59 Å². The second kappa shape index (κ2) is 15.0. The molecule has 198 valence electrons. The number of allylic oxidation sites excluding steroid dienone is 2. The predicted molar refractivity (Wildman–Crippen MR) is 137 cm³/mol. The minimum atomic E-state index is -0.936. The van der Waals surface area contributed by atoms with Crippen molar-refractivity contribution in [2.24, 2.45) is 5.16 Å². The van der Waals surface area contributed by atoms with Gasteiger partial charge in [0, 0.05) is 18.7 Å². The van der Waals surface area contributed by atoms with Crippen LogP contribution in [0.15, 0.2) is 71.6 Å². The topological polar surface area (TPSA) is 144 Å². The van der Waals surface area contributed by atoms with Gasteiger partial charge >= 0.3 is 11.9 Å². The monoisotopic (exact) mass is 512 g/mol. The van der Waals surface area contributed by atoms with Gasteiger partial charge < -0.3 is 29.8 Å². The first-order valence-corrected chi connectivity index (χ1v) is 11.6. The summed E-state index contributed by atoms with van der Waals surface area (Å²) in [5.74, 6) is -2.12. The maximum atomic E-state index is 13.1. The molecule has 0 aromatic heterocycles. The molecule has 0 spiro atoms. The minimum Gasteiger partial charge on any atom is -0.507 e. The van der Waals surface area contributed by atoms with Crippen molar-refractivity contribution in [3.8, 4) is 5.75 Å². The number of aliphatic hydroxyl groups excluding tert-OH is 1. The van der Waals surface area contributed by atoms with Crippen molar-refractivity contribution >= 4 is 24.1 Å². The van der Waals surface area contributed by atoms with Crippen molar-refractivity contribution in [1.82, 2.24) is 5.32 Å². The van der Waals surface area contributed by atoms with Crippen LogP contribution in [0.3, 0.4) is 0 Å². The summed E-state index contributed by atoms with van der Waals surface area (Å²) in [6.45, 7) is 3.38. The van der Waals surface area contributed by atoms with E-state index in [0.29, 0.717) is 11.1 Å². The normalized spacial score (nSPS) is 21.6. The van der Waals surface area contributed by atoms with Gasteiger partial charge in [-0.25, -0.2) is 4.79 Å². The van der Waals surface area contributed by atoms with Gasteiger partial charge in [-0.1, -0.05) is 35.5 Å². The maximum absolute atomic E-state index is 13.1. The van der Waals surface area contributed by atoms with Crippen LogP contribution in [-0.4, -0.2) is 59.7 Å². The number of rotatable bonds is 6. The molecule has 0 bridgehead atoms. The summed E-state index contributed by atoms with van der Waals surface area (Å²) in [7, 11) is 1.38. The van der Waals surface area contributed by atoms with E-state index >= 15 is 0 Å². The molecule has 1 aromatic rings. The summed E-state index contributed by atoms with van der Waals surface area (Å²) < 4.78 is 10.9. The summed E-state index contributed by atoms with van der Waals surface area (Å²) in [6, 6.07) is 4.65. The Balaban J connectivity index is 2.25. The van der Waals surface area contributed by atoms with Crippen molar-refractivity contribution in [2.45, 2.75) is 51.4 Å². The molecule has 3 atom stereocenters. The molecule has 0 saturated carbocycles. The van der Waals surface area contributed by atoms with Crippen molar-refractivity contribution in [2.75, 3.05) is 7.11 Å². The Labute approximate surface area is 215 Å². The molecule has 0 fully saturated rings. The first kappa shape index (κ1) is 29.1. The van der Waals surface area contributed by atoms with Gasteiger partial charge in [-0.2, -0.15) is 0 Å². The molecule has 2 rings (SSSR count). The highest BCUT2D eigenvalue weighted by molar-refractivity contribution is 5.94. The number of carbonyl (C=O) groups excluding carboxylic acids is 3. The second-order valence-corrected chi connectivity index (χ2v) is 8.16. The van der Waals surface area contributed by atoms with Gasteiger partial charge in [0.25, 0.3) is 0 Å². The number of fused-ring (bicyclic) bond motifs is 1. The third-order valence-electron chi connectivity index (χ3n) is 5.24. The van der Waals surface area contributed by atoms with Crippen molar-refractivity contribution in [3.63, 3.8) is 0 Å². The fourth-order valence-electron chi connectivity index (χ4n) is 3.30. The number of carbonyl (C=O) groups is 3. The summed E-state index contributed by atoms with van der Waals surface area (Å²) in [6.07, 6.45) is 9.26. The Hall–Kier alpha value is -4.18. The minimum absolute atomic E-state index is 0.0293. The highest BCUT2D eigenvalue weighted by Gasteiger charge is 2.24. The number of nitrogens with zero attached hydrogens (tertiary/aromatic N) is 1. The zero-order valence-corrected chi connectivity index (χ0v) is 21.0. The lowest BCUT2D eigenvalue weighted by atomic mass is 10.0. The summed E-state index contributed by atoms with van der Waals surface area (Å²) in [5, 5.41) is 26.7. The Bertz CT molecular complexity index is 1100. The largest absolute Gasteiger partial charge is 0.507 e. The van der Waals surface area contributed by atoms with Gasteiger partial charge in [0.05, 0.1) is 18.7 Å². The number of amides is 1. The van der Waals surface area contributed by atoms with Gasteiger partial charge in [-0.05, 0) is 49.6 Å². The van der Waals surface area contributed by atoms with E-state index in [-0.39, 0.29) is 30.6 Å². The van der Waals surface area contributed by atoms with E-state index in [4.69, 9.17) is 9.47 Å². The van der Waals surface area contributed by atoms with Crippen molar-refractivity contribution in [1.29, 1.82) is 0 Å². The average Bonchev–Trinajstić information content (AvgIpc) is 2.85. The van der Waals surface area contributed by atoms with Gasteiger partial charge in [0.15, 0.2) is 0 Å². The standard InChI is InChI=1S/C27H32N2O8/c1-18-11-13-20-7-4-9-23(31)26(20)27(34)37-21(17-25(33)36-19(2)12-14-22(18)30)8-5-15-28-24(32)10-6-16-29-35-3/h4-7,9-12,14-16,19,21-22,30-31H,8,13,17H2,1-3H3,(H,28,32)/b10-6-,14-12?,15-5+,18-11?,29-16-. The molecule has 1 heterocycles. The number of aromatic hydroxyl groups is 1. The van der Waals surface area contributed by atoms with Crippen LogP contribution in [0.5, 0.6) is 5.75 Å². The Morgan fingerprint density at radius 2 is 2.05 bits per heavy atom. The molecule has 37 heavy (non-hydrogen) atoms. The third kappa shape index (κ3) is 10.1. The van der Waals surface area contributed by atoms with Crippen LogP contribution in [0.4, 0.5) is 0 Å². The predicted octanol–water partition coefficient (Wildman–Crippen LogP) is 2.87. The number of benzene rings is 1. The molecule has 0 aliphatic carbocycles. The number of hydrogen-bond acceptors (Lipinski definition) is 9. The SMILES string of the molecule is CO/N=C\C=C/C(=O)N/C=C/CC1CC(=O)OC(C)C=CC(O)C(C)=CCc2cccc(O)c2C(=O)O1. The number of nitrogens with one attached hydrogen (secondary N) is 1. The van der Waals surface area contributed by atoms with Crippen LogP contribution in [0.25, 0.3) is 0 Å². The number of hydrogen-bond donors (Lipinski definition) is 3. The Kier molecular flexibility index (Phi) is 11.8. The quantitative estimate of drug-likeness (QED) is 0.174. The third-order valence-corrected chi connectivity index (χ3v) is 5.24. The van der Waals surface area contributed by atoms with Crippen molar-refractivity contribution < 1.29 is 38.9 Å². The molecular formula is C27H32N2O8. The number of cyclic esters (lactones) is 2. The van der Waals surface area contributed by atoms with Crippen molar-refractivity contribution in [3.05, 3.63) is 77.6 Å². The zero-order chi connectivity index (χ0) is 27.2. The van der Waals surface area contributed by atoms with Crippen LogP contribution in [-0.2, 0) is 30.3 Å². The smallest absolute Gasteiger partial charge is 0.342 e. The number of phenols is 1. The first-order valence-electron chi connectivity index (χ1n) is 11.6. The maximum Gasteiger partial charge on any atom is 0.342 e. The molecular weight excluding hydrogens is 480 g/mol. The number of oxime groups is 1. The van der Waals surface area contributed by atoms with E-state index in [1.54, 1.807) is 38.1 Å². The number of esters is 2. The van der Waals surface area contributed by atoms with Crippen LogP contribution < -0.4 is 5.32 Å². The fourth-order valence-corrected chi connectivity index (χ4v) is 3.30. The Morgan fingerprint density at radius 1 is 1.27 bits per heavy atom. The number of aliphatic hydroxyl groups is 1. The lowest BCUT2D eigenvalue weighted by molar-refractivity contribution is -0.148. The molecule has 1 amide bonds. The first-order chi connectivity index (χ1) is 17.7. The van der Waals surface area contributed by atoms with Gasteiger partial charge in [0.1, 0.15) is 30.6 Å². The second-order valence-electron chi connectivity index (χ2n) is 8.16. The van der Waals surface area contributed by atoms with Gasteiger partial charge in [0.2, 0.25) is 5.91 Å².